The molecule has 0 saturated heterocycles. The number of methoxy groups -OCH3 is 4. The molecule has 0 amide bonds. The summed E-state index contributed by atoms with van der Waals surface area (Å²) in [4.78, 5) is 38.4. The first kappa shape index (κ1) is 41.3. The Morgan fingerprint density at radius 3 is 2.13 bits per heavy atom. The minimum atomic E-state index is -0.277. The van der Waals surface area contributed by atoms with Crippen LogP contribution in [0.2, 0.25) is 0 Å². The second kappa shape index (κ2) is 16.9. The molecule has 4 aliphatic carbocycles. The summed E-state index contributed by atoms with van der Waals surface area (Å²) in [7, 11) is 6.52. The first-order valence-electron chi connectivity index (χ1n) is 21.5. The number of ether oxygens (including phenoxy) is 5. The number of nitrogens with zero attached hydrogens (tertiary/aromatic N) is 4. The highest BCUT2D eigenvalue weighted by atomic mass is 16.5. The van der Waals surface area contributed by atoms with E-state index in [4.69, 9.17) is 38.8 Å². The van der Waals surface area contributed by atoms with E-state index in [-0.39, 0.29) is 34.5 Å². The van der Waals surface area contributed by atoms with E-state index in [1.807, 2.05) is 54.6 Å². The molecule has 0 spiro atoms. The normalized spacial score (nSPS) is 30.5. The van der Waals surface area contributed by atoms with Gasteiger partial charge in [-0.25, -0.2) is 10.0 Å². The van der Waals surface area contributed by atoms with Crippen LogP contribution >= 0.6 is 0 Å². The van der Waals surface area contributed by atoms with Gasteiger partial charge in [0.25, 0.3) is 5.56 Å². The number of nitrogens with one attached hydrogen (secondary N) is 1. The third-order valence-corrected chi connectivity index (χ3v) is 14.6. The average molecular weight is 818 g/mol. The fraction of sp³-hybridized carbons (Fsp3) is 0.521. The second-order valence-corrected chi connectivity index (χ2v) is 17.8. The summed E-state index contributed by atoms with van der Waals surface area (Å²) in [6, 6.07) is 12.7. The van der Waals surface area contributed by atoms with Gasteiger partial charge in [-0.3, -0.25) is 14.6 Å². The van der Waals surface area contributed by atoms with Gasteiger partial charge in [0.1, 0.15) is 29.1 Å². The SMILES string of the molecule is COc1cc(/C=C/C2=NN(c3nc(/N=C4/CC[C@H]5[C@@H]6CC[C@H]7C[C@@H](OC(C)=O)CC[C@]7(C)[C@H]6CC[C@]45C)cc(=O)[nH]3)C(/C=C/c3cc(OC)cc(OC)c3)C2)cc(OC)c1. The Morgan fingerprint density at radius 2 is 1.48 bits per heavy atom. The molecule has 0 bridgehead atoms. The Kier molecular flexibility index (Phi) is 11.7. The maximum Gasteiger partial charge on any atom is 0.302 e. The first-order valence-corrected chi connectivity index (χ1v) is 21.5. The van der Waals surface area contributed by atoms with Crippen molar-refractivity contribution in [3.8, 4) is 23.0 Å². The molecule has 5 aliphatic rings. The number of anilines is 1. The van der Waals surface area contributed by atoms with Crippen LogP contribution in [0.4, 0.5) is 11.8 Å². The lowest BCUT2D eigenvalue weighted by Crippen LogP contribution is -2.54. The molecule has 3 aromatic rings. The van der Waals surface area contributed by atoms with Crippen LogP contribution in [-0.4, -0.2) is 67.9 Å². The number of allylic oxidation sites excluding steroid dienone is 1. The van der Waals surface area contributed by atoms with E-state index in [9.17, 15) is 9.59 Å². The minimum absolute atomic E-state index is 0.0423. The van der Waals surface area contributed by atoms with Gasteiger partial charge in [-0.05, 0) is 128 Å². The van der Waals surface area contributed by atoms with Crippen LogP contribution in [0.1, 0.15) is 96.1 Å². The van der Waals surface area contributed by atoms with E-state index in [1.54, 1.807) is 33.4 Å². The average Bonchev–Trinajstić information content (AvgIpc) is 3.81. The quantitative estimate of drug-likeness (QED) is 0.188. The highest BCUT2D eigenvalue weighted by Gasteiger charge is 2.59. The van der Waals surface area contributed by atoms with Crippen molar-refractivity contribution in [3.05, 3.63) is 76.1 Å². The molecule has 4 saturated carbocycles. The lowest BCUT2D eigenvalue weighted by atomic mass is 9.45. The van der Waals surface area contributed by atoms with Crippen molar-refractivity contribution in [3.63, 3.8) is 0 Å². The number of hydrogen-bond acceptors (Lipinski definition) is 11. The third-order valence-electron chi connectivity index (χ3n) is 14.6. The van der Waals surface area contributed by atoms with Crippen molar-refractivity contribution in [1.82, 2.24) is 9.97 Å². The standard InChI is InChI=1S/C48H59N5O7/c1-29(54)60-35-16-18-47(2)32(24-35)10-13-40-41-14-15-43(48(41,3)19-17-42(40)47)49-44-28-45(55)51-46(50-44)53-34(12-9-31-22-38(58-6)27-39(23-31)59-7)25-33(52-53)11-8-30-20-36(56-4)26-37(21-30)57-5/h8-9,11-12,20-23,26-28,32,34-35,40-42H,10,13-19,24-25H2,1-7H3,(H,50,51,55)/b11-8+,12-9+,49-43-/t32-,34?,35-,40-,41-,42-,47-,48-/m0/s1. The summed E-state index contributed by atoms with van der Waals surface area (Å²) in [6.45, 7) is 6.47. The highest BCUT2D eigenvalue weighted by molar-refractivity contribution is 6.01. The number of esters is 1. The van der Waals surface area contributed by atoms with Crippen LogP contribution in [0.5, 0.6) is 23.0 Å². The molecule has 12 nitrogen and oxygen atoms in total. The van der Waals surface area contributed by atoms with Crippen molar-refractivity contribution >= 4 is 41.3 Å². The van der Waals surface area contributed by atoms with Crippen LogP contribution in [0.3, 0.4) is 0 Å². The molecule has 1 unspecified atom stereocenters. The summed E-state index contributed by atoms with van der Waals surface area (Å²) in [6.07, 6.45) is 18.4. The number of rotatable bonds is 11. The summed E-state index contributed by atoms with van der Waals surface area (Å²) in [5.41, 5.74) is 3.72. The van der Waals surface area contributed by atoms with Gasteiger partial charge in [-0.2, -0.15) is 10.1 Å². The topological polar surface area (TPSA) is 137 Å². The molecular formula is C48H59N5O7. The van der Waals surface area contributed by atoms with Crippen molar-refractivity contribution in [2.75, 3.05) is 33.4 Å². The molecule has 2 aromatic carbocycles. The summed E-state index contributed by atoms with van der Waals surface area (Å²) in [5.74, 6) is 5.80. The number of benzene rings is 2. The molecule has 318 valence electrons. The van der Waals surface area contributed by atoms with E-state index < -0.39 is 0 Å². The number of hydrazone groups is 1. The van der Waals surface area contributed by atoms with Gasteiger partial charge in [-0.1, -0.05) is 32.1 Å². The molecule has 4 fully saturated rings. The van der Waals surface area contributed by atoms with Crippen molar-refractivity contribution in [2.24, 2.45) is 44.6 Å². The zero-order valence-electron chi connectivity index (χ0n) is 36.0. The van der Waals surface area contributed by atoms with Crippen LogP contribution < -0.4 is 29.5 Å². The lowest BCUT2D eigenvalue weighted by molar-refractivity contribution is -0.158. The van der Waals surface area contributed by atoms with E-state index in [0.29, 0.717) is 64.9 Å². The number of aromatic nitrogens is 2. The molecule has 60 heavy (non-hydrogen) atoms. The van der Waals surface area contributed by atoms with Crippen molar-refractivity contribution < 1.29 is 28.5 Å². The maximum absolute atomic E-state index is 13.4. The smallest absolute Gasteiger partial charge is 0.302 e. The summed E-state index contributed by atoms with van der Waals surface area (Å²) >= 11 is 0. The van der Waals surface area contributed by atoms with Gasteiger partial charge in [0.15, 0.2) is 5.82 Å². The highest BCUT2D eigenvalue weighted by Crippen LogP contribution is 2.66. The second-order valence-electron chi connectivity index (χ2n) is 17.8. The van der Waals surface area contributed by atoms with E-state index in [1.165, 1.54) is 32.3 Å². The van der Waals surface area contributed by atoms with Crippen LogP contribution in [0, 0.1) is 34.5 Å². The minimum Gasteiger partial charge on any atom is -0.497 e. The molecular weight excluding hydrogens is 759 g/mol. The van der Waals surface area contributed by atoms with E-state index in [2.05, 4.69) is 24.9 Å². The van der Waals surface area contributed by atoms with Gasteiger partial charge >= 0.3 is 5.97 Å². The number of hydrogen-bond donors (Lipinski definition) is 1. The predicted molar refractivity (Wildman–Crippen MR) is 235 cm³/mol. The molecule has 2 heterocycles. The summed E-state index contributed by atoms with van der Waals surface area (Å²) in [5, 5.41) is 6.79. The number of carbonyl (C=O) groups excluding carboxylic acids is 1. The molecule has 1 N–H and O–H groups in total. The summed E-state index contributed by atoms with van der Waals surface area (Å²) < 4.78 is 27.7. The van der Waals surface area contributed by atoms with Crippen LogP contribution in [-0.2, 0) is 9.53 Å². The third kappa shape index (κ3) is 8.21. The Bertz CT molecular complexity index is 2240. The Labute approximate surface area is 353 Å². The van der Waals surface area contributed by atoms with Gasteiger partial charge in [0.2, 0.25) is 5.95 Å². The Balaban J connectivity index is 1.07. The Hall–Kier alpha value is -5.39. The van der Waals surface area contributed by atoms with Gasteiger partial charge in [0, 0.05) is 42.7 Å². The fourth-order valence-corrected chi connectivity index (χ4v) is 11.5. The largest absolute Gasteiger partial charge is 0.497 e. The molecule has 8 rings (SSSR count). The number of H-pyrrole nitrogens is 1. The number of aromatic amines is 1. The number of carbonyl (C=O) groups is 1. The van der Waals surface area contributed by atoms with Gasteiger partial charge in [0.05, 0.1) is 40.2 Å². The van der Waals surface area contributed by atoms with Crippen molar-refractivity contribution in [1.29, 1.82) is 0 Å². The molecule has 12 heteroatoms. The zero-order chi connectivity index (χ0) is 42.2. The number of aliphatic imine (C=N–C) groups is 1. The molecule has 8 atom stereocenters. The molecule has 1 aromatic heterocycles. The van der Waals surface area contributed by atoms with Gasteiger partial charge < -0.3 is 23.7 Å². The van der Waals surface area contributed by atoms with E-state index >= 15 is 0 Å². The van der Waals surface area contributed by atoms with Crippen molar-refractivity contribution in [2.45, 2.75) is 97.1 Å². The maximum atomic E-state index is 13.4. The monoisotopic (exact) mass is 817 g/mol. The number of fused-ring (bicyclic) bond motifs is 5. The van der Waals surface area contributed by atoms with Crippen LogP contribution in [0.15, 0.2) is 69.5 Å². The Morgan fingerprint density at radius 1 is 0.817 bits per heavy atom. The predicted octanol–water partition coefficient (Wildman–Crippen LogP) is 9.21. The van der Waals surface area contributed by atoms with Crippen LogP contribution in [0.25, 0.3) is 12.2 Å². The zero-order valence-corrected chi connectivity index (χ0v) is 36.0. The van der Waals surface area contributed by atoms with Gasteiger partial charge in [-0.15, -0.1) is 0 Å². The van der Waals surface area contributed by atoms with E-state index in [0.717, 1.165) is 61.1 Å². The molecule has 0 radical (unpaired) electrons. The molecule has 1 aliphatic heterocycles. The lowest BCUT2D eigenvalue weighted by Gasteiger charge is -2.60. The fourth-order valence-electron chi connectivity index (χ4n) is 11.5. The first-order chi connectivity index (χ1) is 28.9.